The minimum absolute atomic E-state index is 0.547. The molecule has 1 aliphatic rings. The van der Waals surface area contributed by atoms with Crippen LogP contribution in [0.5, 0.6) is 0 Å². The number of halogens is 1. The first-order chi connectivity index (χ1) is 7.18. The van der Waals surface area contributed by atoms with Crippen molar-refractivity contribution in [2.45, 2.75) is 6.10 Å². The van der Waals surface area contributed by atoms with Crippen molar-refractivity contribution < 1.29 is 14.7 Å². The van der Waals surface area contributed by atoms with Gasteiger partial charge in [-0.15, -0.1) is 0 Å². The van der Waals surface area contributed by atoms with E-state index < -0.39 is 12.1 Å². The standard InChI is InChI=1S/C10H8ClNO3/c11-7-4-2-1-3-6(7)8-5-9(10(13)14)15-12-8/h1-5,9,12H,(H,13,14). The van der Waals surface area contributed by atoms with Crippen LogP contribution >= 0.6 is 11.6 Å². The van der Waals surface area contributed by atoms with E-state index in [0.717, 1.165) is 5.56 Å². The lowest BCUT2D eigenvalue weighted by molar-refractivity contribution is -0.148. The van der Waals surface area contributed by atoms with Crippen LogP contribution in [0.15, 0.2) is 30.3 Å². The Morgan fingerprint density at radius 1 is 1.47 bits per heavy atom. The first-order valence-corrected chi connectivity index (χ1v) is 4.67. The van der Waals surface area contributed by atoms with Crippen molar-refractivity contribution in [2.24, 2.45) is 0 Å². The molecule has 0 aliphatic carbocycles. The van der Waals surface area contributed by atoms with Gasteiger partial charge < -0.3 is 5.11 Å². The molecule has 4 nitrogen and oxygen atoms in total. The third-order valence-corrected chi connectivity index (χ3v) is 2.35. The monoisotopic (exact) mass is 225 g/mol. The Kier molecular flexibility index (Phi) is 2.62. The van der Waals surface area contributed by atoms with Crippen molar-refractivity contribution in [1.29, 1.82) is 0 Å². The highest BCUT2D eigenvalue weighted by Crippen LogP contribution is 2.25. The number of aliphatic carboxylic acids is 1. The normalized spacial score (nSPS) is 19.5. The minimum atomic E-state index is -1.04. The Balaban J connectivity index is 2.30. The summed E-state index contributed by atoms with van der Waals surface area (Å²) in [5, 5.41) is 9.25. The van der Waals surface area contributed by atoms with E-state index in [2.05, 4.69) is 5.48 Å². The molecule has 0 bridgehead atoms. The van der Waals surface area contributed by atoms with Gasteiger partial charge in [-0.2, -0.15) is 0 Å². The molecule has 2 N–H and O–H groups in total. The summed E-state index contributed by atoms with van der Waals surface area (Å²) >= 11 is 5.95. The molecule has 0 amide bonds. The van der Waals surface area contributed by atoms with Gasteiger partial charge in [-0.1, -0.05) is 29.8 Å². The maximum absolute atomic E-state index is 10.6. The minimum Gasteiger partial charge on any atom is -0.479 e. The van der Waals surface area contributed by atoms with Crippen LogP contribution in [0.25, 0.3) is 5.70 Å². The molecular weight excluding hydrogens is 218 g/mol. The van der Waals surface area contributed by atoms with E-state index in [4.69, 9.17) is 21.5 Å². The first kappa shape index (κ1) is 10.0. The smallest absolute Gasteiger partial charge is 0.339 e. The molecule has 1 aliphatic heterocycles. The zero-order valence-electron chi connectivity index (χ0n) is 7.61. The van der Waals surface area contributed by atoms with Crippen molar-refractivity contribution in [3.63, 3.8) is 0 Å². The Hall–Kier alpha value is -1.52. The van der Waals surface area contributed by atoms with E-state index in [-0.39, 0.29) is 0 Å². The van der Waals surface area contributed by atoms with E-state index in [0.29, 0.717) is 10.7 Å². The molecule has 5 heteroatoms. The fraction of sp³-hybridized carbons (Fsp3) is 0.100. The molecule has 0 fully saturated rings. The number of hydrogen-bond acceptors (Lipinski definition) is 3. The Bertz CT molecular complexity index is 430. The lowest BCUT2D eigenvalue weighted by Gasteiger charge is -2.04. The quantitative estimate of drug-likeness (QED) is 0.804. The van der Waals surface area contributed by atoms with Crippen LogP contribution in [0.1, 0.15) is 5.56 Å². The van der Waals surface area contributed by atoms with Gasteiger partial charge in [-0.3, -0.25) is 10.3 Å². The molecule has 1 atom stereocenters. The average Bonchev–Trinajstić information content (AvgIpc) is 2.67. The first-order valence-electron chi connectivity index (χ1n) is 4.29. The van der Waals surface area contributed by atoms with E-state index in [1.54, 1.807) is 18.2 Å². The van der Waals surface area contributed by atoms with E-state index in [1.807, 2.05) is 6.07 Å². The Morgan fingerprint density at radius 2 is 2.20 bits per heavy atom. The number of hydrogen-bond donors (Lipinski definition) is 2. The zero-order chi connectivity index (χ0) is 10.8. The van der Waals surface area contributed by atoms with Gasteiger partial charge in [0.2, 0.25) is 6.10 Å². The summed E-state index contributed by atoms with van der Waals surface area (Å²) in [6.07, 6.45) is 0.514. The van der Waals surface area contributed by atoms with Gasteiger partial charge in [-0.05, 0) is 12.1 Å². The van der Waals surface area contributed by atoms with Crippen LogP contribution in [-0.2, 0) is 9.63 Å². The summed E-state index contributed by atoms with van der Waals surface area (Å²) in [4.78, 5) is 15.5. The van der Waals surface area contributed by atoms with Gasteiger partial charge in [0, 0.05) is 10.6 Å². The Morgan fingerprint density at radius 3 is 2.80 bits per heavy atom. The molecule has 1 aromatic rings. The zero-order valence-corrected chi connectivity index (χ0v) is 8.36. The van der Waals surface area contributed by atoms with Crippen molar-refractivity contribution in [3.8, 4) is 0 Å². The van der Waals surface area contributed by atoms with Crippen LogP contribution in [0.4, 0.5) is 0 Å². The van der Waals surface area contributed by atoms with Crippen molar-refractivity contribution in [2.75, 3.05) is 0 Å². The summed E-state index contributed by atoms with van der Waals surface area (Å²) in [6, 6.07) is 7.14. The average molecular weight is 226 g/mol. The fourth-order valence-electron chi connectivity index (χ4n) is 1.29. The maximum Gasteiger partial charge on any atom is 0.339 e. The number of carboxylic acid groups (broad SMARTS) is 1. The summed E-state index contributed by atoms with van der Waals surface area (Å²) in [5.41, 5.74) is 3.84. The van der Waals surface area contributed by atoms with Crippen molar-refractivity contribution in [3.05, 3.63) is 40.9 Å². The molecule has 2 rings (SSSR count). The largest absolute Gasteiger partial charge is 0.479 e. The highest BCUT2D eigenvalue weighted by molar-refractivity contribution is 6.32. The summed E-state index contributed by atoms with van der Waals surface area (Å²) in [7, 11) is 0. The third-order valence-electron chi connectivity index (χ3n) is 2.02. The van der Waals surface area contributed by atoms with Crippen LogP contribution in [0, 0.1) is 0 Å². The predicted octanol–water partition coefficient (Wildman–Crippen LogP) is 1.67. The van der Waals surface area contributed by atoms with Crippen LogP contribution in [-0.4, -0.2) is 17.2 Å². The molecule has 1 heterocycles. The van der Waals surface area contributed by atoms with E-state index in [9.17, 15) is 4.79 Å². The number of carboxylic acids is 1. The molecule has 0 saturated carbocycles. The van der Waals surface area contributed by atoms with Crippen LogP contribution < -0.4 is 5.48 Å². The Labute approximate surface area is 91.1 Å². The number of nitrogens with one attached hydrogen (secondary N) is 1. The highest BCUT2D eigenvalue weighted by Gasteiger charge is 2.24. The van der Waals surface area contributed by atoms with Gasteiger partial charge in [-0.25, -0.2) is 4.79 Å². The van der Waals surface area contributed by atoms with Gasteiger partial charge in [0.15, 0.2) is 0 Å². The lowest BCUT2D eigenvalue weighted by atomic mass is 10.1. The summed E-state index contributed by atoms with van der Waals surface area (Å²) in [6.45, 7) is 0. The summed E-state index contributed by atoms with van der Waals surface area (Å²) in [5.74, 6) is -1.04. The second-order valence-corrected chi connectivity index (χ2v) is 3.45. The molecule has 1 unspecified atom stereocenters. The van der Waals surface area contributed by atoms with Gasteiger partial charge in [0.05, 0.1) is 5.70 Å². The fourth-order valence-corrected chi connectivity index (χ4v) is 1.53. The van der Waals surface area contributed by atoms with Gasteiger partial charge in [0.1, 0.15) is 0 Å². The van der Waals surface area contributed by atoms with Crippen molar-refractivity contribution in [1.82, 2.24) is 5.48 Å². The SMILES string of the molecule is O=C(O)C1C=C(c2ccccc2Cl)NO1. The maximum atomic E-state index is 10.6. The molecule has 78 valence electrons. The molecule has 1 aromatic carbocycles. The molecule has 0 saturated heterocycles. The number of rotatable bonds is 2. The number of benzene rings is 1. The molecular formula is C10H8ClNO3. The van der Waals surface area contributed by atoms with Crippen molar-refractivity contribution >= 4 is 23.3 Å². The number of hydroxylamine groups is 1. The second kappa shape index (κ2) is 3.92. The van der Waals surface area contributed by atoms with Crippen LogP contribution in [0.2, 0.25) is 5.02 Å². The van der Waals surface area contributed by atoms with E-state index >= 15 is 0 Å². The van der Waals surface area contributed by atoms with Gasteiger partial charge >= 0.3 is 5.97 Å². The highest BCUT2D eigenvalue weighted by atomic mass is 35.5. The molecule has 0 aromatic heterocycles. The topological polar surface area (TPSA) is 58.6 Å². The number of carbonyl (C=O) groups is 1. The summed E-state index contributed by atoms with van der Waals surface area (Å²) < 4.78 is 0. The predicted molar refractivity (Wildman–Crippen MR) is 55.1 cm³/mol. The van der Waals surface area contributed by atoms with Crippen LogP contribution in [0.3, 0.4) is 0 Å². The second-order valence-electron chi connectivity index (χ2n) is 3.04. The third kappa shape index (κ3) is 1.95. The molecule has 0 radical (unpaired) electrons. The molecule has 15 heavy (non-hydrogen) atoms. The van der Waals surface area contributed by atoms with Gasteiger partial charge in [0.25, 0.3) is 0 Å². The molecule has 0 spiro atoms. The van der Waals surface area contributed by atoms with E-state index in [1.165, 1.54) is 6.08 Å². The lowest BCUT2D eigenvalue weighted by Crippen LogP contribution is -2.20.